The van der Waals surface area contributed by atoms with E-state index in [1.807, 2.05) is 35.7 Å². The number of ether oxygens (including phenoxy) is 2. The third-order valence-corrected chi connectivity index (χ3v) is 6.12. The van der Waals surface area contributed by atoms with Crippen LogP contribution in [0.25, 0.3) is 6.08 Å². The van der Waals surface area contributed by atoms with Gasteiger partial charge in [0.1, 0.15) is 18.2 Å². The molecule has 3 aliphatic rings. The lowest BCUT2D eigenvalue weighted by Gasteiger charge is -2.33. The first-order chi connectivity index (χ1) is 12.3. The molecule has 5 heteroatoms. The first kappa shape index (κ1) is 15.2. The van der Waals surface area contributed by atoms with Gasteiger partial charge in [-0.1, -0.05) is 18.9 Å². The van der Waals surface area contributed by atoms with Crippen LogP contribution in [0, 0.1) is 0 Å². The van der Waals surface area contributed by atoms with Crippen LogP contribution in [0.4, 0.5) is 0 Å². The van der Waals surface area contributed by atoms with Crippen LogP contribution < -0.4 is 9.47 Å². The Morgan fingerprint density at radius 3 is 2.88 bits per heavy atom. The van der Waals surface area contributed by atoms with Crippen molar-refractivity contribution in [2.75, 3.05) is 6.73 Å². The van der Waals surface area contributed by atoms with Crippen molar-refractivity contribution in [3.05, 3.63) is 51.4 Å². The van der Waals surface area contributed by atoms with Gasteiger partial charge in [-0.25, -0.2) is 0 Å². The molecule has 5 rings (SSSR count). The van der Waals surface area contributed by atoms with E-state index in [0.717, 1.165) is 22.7 Å². The highest BCUT2D eigenvalue weighted by Gasteiger charge is 2.35. The zero-order chi connectivity index (χ0) is 16.8. The van der Waals surface area contributed by atoms with Crippen LogP contribution in [0.15, 0.2) is 35.4 Å². The number of allylic oxidation sites excluding steroid dienone is 1. The van der Waals surface area contributed by atoms with Gasteiger partial charge in [0.15, 0.2) is 5.76 Å². The van der Waals surface area contributed by atoms with E-state index in [4.69, 9.17) is 9.47 Å². The molecule has 1 fully saturated rings. The van der Waals surface area contributed by atoms with Crippen molar-refractivity contribution in [3.63, 3.8) is 0 Å². The number of nitrogens with zero attached hydrogens (tertiary/aromatic N) is 1. The molecule has 1 aromatic carbocycles. The smallest absolute Gasteiger partial charge is 0.232 e. The molecule has 128 valence electrons. The van der Waals surface area contributed by atoms with E-state index in [0.29, 0.717) is 29.8 Å². The number of thiophene rings is 1. The van der Waals surface area contributed by atoms with E-state index >= 15 is 0 Å². The average Bonchev–Trinajstić information content (AvgIpc) is 3.38. The molecular formula is C20H19NO3S. The minimum absolute atomic E-state index is 0.0378. The second kappa shape index (κ2) is 6.00. The number of hydrogen-bond donors (Lipinski definition) is 0. The molecule has 25 heavy (non-hydrogen) atoms. The van der Waals surface area contributed by atoms with Crippen LogP contribution in [-0.2, 0) is 6.54 Å². The highest BCUT2D eigenvalue weighted by Crippen LogP contribution is 2.43. The van der Waals surface area contributed by atoms with Crippen LogP contribution in [0.5, 0.6) is 11.5 Å². The molecule has 1 aliphatic carbocycles. The van der Waals surface area contributed by atoms with Gasteiger partial charge < -0.3 is 9.47 Å². The van der Waals surface area contributed by atoms with Crippen LogP contribution in [-0.4, -0.2) is 23.5 Å². The van der Waals surface area contributed by atoms with Gasteiger partial charge in [0.25, 0.3) is 0 Å². The molecule has 0 spiro atoms. The number of fused-ring (bicyclic) bond motifs is 3. The average molecular weight is 353 g/mol. The Morgan fingerprint density at radius 1 is 1.20 bits per heavy atom. The fourth-order valence-electron chi connectivity index (χ4n) is 3.98. The molecule has 1 aromatic heterocycles. The number of Topliss-reactive ketones (excluding diaryl/α,β-unsaturated/α-hetero) is 1. The van der Waals surface area contributed by atoms with Crippen molar-refractivity contribution in [3.8, 4) is 11.5 Å². The summed E-state index contributed by atoms with van der Waals surface area (Å²) in [6, 6.07) is 8.28. The normalized spacial score (nSPS) is 21.9. The van der Waals surface area contributed by atoms with Crippen LogP contribution in [0.3, 0.4) is 0 Å². The van der Waals surface area contributed by atoms with Gasteiger partial charge >= 0.3 is 0 Å². The molecule has 3 heterocycles. The van der Waals surface area contributed by atoms with Crippen molar-refractivity contribution >= 4 is 23.2 Å². The summed E-state index contributed by atoms with van der Waals surface area (Å²) in [5.41, 5.74) is 1.66. The van der Waals surface area contributed by atoms with Crippen molar-refractivity contribution in [2.24, 2.45) is 0 Å². The first-order valence-electron chi connectivity index (χ1n) is 8.80. The van der Waals surface area contributed by atoms with Crippen molar-refractivity contribution < 1.29 is 14.3 Å². The summed E-state index contributed by atoms with van der Waals surface area (Å²) in [7, 11) is 0. The molecule has 0 radical (unpaired) electrons. The number of carbonyl (C=O) groups excluding carboxylic acids is 1. The second-order valence-corrected chi connectivity index (χ2v) is 7.81. The van der Waals surface area contributed by atoms with E-state index < -0.39 is 0 Å². The summed E-state index contributed by atoms with van der Waals surface area (Å²) in [5.74, 6) is 1.90. The Balaban J connectivity index is 1.48. The molecule has 0 N–H and O–H groups in total. The fraction of sp³-hybridized carbons (Fsp3) is 0.350. The molecule has 2 aromatic rings. The molecule has 2 aliphatic heterocycles. The standard InChI is InChI=1S/C20H19NO3S/c22-19-15-7-8-17-16(11-21(12-23-17)13-4-1-2-5-13)20(15)24-18(19)10-14-6-3-9-25-14/h3,6-10,13H,1-2,4-5,11-12H2/b18-10-. The van der Waals surface area contributed by atoms with E-state index in [2.05, 4.69) is 4.90 Å². The van der Waals surface area contributed by atoms with Crippen molar-refractivity contribution in [2.45, 2.75) is 38.3 Å². The van der Waals surface area contributed by atoms with Gasteiger partial charge in [-0.05, 0) is 36.4 Å². The van der Waals surface area contributed by atoms with Crippen molar-refractivity contribution in [1.29, 1.82) is 0 Å². The number of rotatable bonds is 2. The summed E-state index contributed by atoms with van der Waals surface area (Å²) < 4.78 is 12.0. The maximum atomic E-state index is 12.7. The lowest BCUT2D eigenvalue weighted by molar-refractivity contribution is 0.0567. The Morgan fingerprint density at radius 2 is 2.08 bits per heavy atom. The lowest BCUT2D eigenvalue weighted by Crippen LogP contribution is -2.39. The molecule has 0 unspecified atom stereocenters. The largest absolute Gasteiger partial charge is 0.478 e. The first-order valence-corrected chi connectivity index (χ1v) is 9.68. The van der Waals surface area contributed by atoms with E-state index in [-0.39, 0.29) is 5.78 Å². The Bertz CT molecular complexity index is 850. The predicted molar refractivity (Wildman–Crippen MR) is 97.0 cm³/mol. The fourth-order valence-corrected chi connectivity index (χ4v) is 4.63. The SMILES string of the molecule is O=C1/C(=C/c2cccs2)Oc2c1ccc1c2CN(C2CCCC2)CO1. The van der Waals surface area contributed by atoms with Gasteiger partial charge in [0, 0.05) is 23.5 Å². The summed E-state index contributed by atoms with van der Waals surface area (Å²) in [5, 5.41) is 1.99. The van der Waals surface area contributed by atoms with Crippen LogP contribution in [0.2, 0.25) is 0 Å². The Hall–Kier alpha value is -2.11. The molecule has 0 bridgehead atoms. The zero-order valence-electron chi connectivity index (χ0n) is 13.9. The van der Waals surface area contributed by atoms with Crippen LogP contribution >= 0.6 is 11.3 Å². The highest BCUT2D eigenvalue weighted by molar-refractivity contribution is 7.10. The predicted octanol–water partition coefficient (Wildman–Crippen LogP) is 4.46. The number of carbonyl (C=O) groups is 1. The van der Waals surface area contributed by atoms with E-state index in [1.165, 1.54) is 25.7 Å². The molecule has 4 nitrogen and oxygen atoms in total. The molecule has 1 saturated carbocycles. The summed E-state index contributed by atoms with van der Waals surface area (Å²) in [4.78, 5) is 16.1. The summed E-state index contributed by atoms with van der Waals surface area (Å²) >= 11 is 1.59. The number of benzene rings is 1. The van der Waals surface area contributed by atoms with Crippen LogP contribution in [0.1, 0.15) is 46.5 Å². The van der Waals surface area contributed by atoms with E-state index in [1.54, 1.807) is 11.3 Å². The van der Waals surface area contributed by atoms with Gasteiger partial charge in [-0.3, -0.25) is 9.69 Å². The van der Waals surface area contributed by atoms with Gasteiger partial charge in [-0.15, -0.1) is 11.3 Å². The second-order valence-electron chi connectivity index (χ2n) is 6.83. The molecule has 0 saturated heterocycles. The zero-order valence-corrected chi connectivity index (χ0v) is 14.7. The quantitative estimate of drug-likeness (QED) is 0.747. The maximum absolute atomic E-state index is 12.7. The third kappa shape index (κ3) is 2.58. The molecule has 0 amide bonds. The monoisotopic (exact) mass is 353 g/mol. The Kier molecular flexibility index (Phi) is 3.64. The van der Waals surface area contributed by atoms with E-state index in [9.17, 15) is 4.79 Å². The topological polar surface area (TPSA) is 38.8 Å². The molecular weight excluding hydrogens is 334 g/mol. The van der Waals surface area contributed by atoms with Gasteiger partial charge in [0.2, 0.25) is 5.78 Å². The highest BCUT2D eigenvalue weighted by atomic mass is 32.1. The molecule has 0 atom stereocenters. The number of ketones is 1. The third-order valence-electron chi connectivity index (χ3n) is 5.30. The number of hydrogen-bond acceptors (Lipinski definition) is 5. The minimum atomic E-state index is -0.0378. The maximum Gasteiger partial charge on any atom is 0.232 e. The van der Waals surface area contributed by atoms with Gasteiger partial charge in [-0.2, -0.15) is 0 Å². The van der Waals surface area contributed by atoms with Gasteiger partial charge in [0.05, 0.1) is 11.1 Å². The van der Waals surface area contributed by atoms with Crippen molar-refractivity contribution in [1.82, 2.24) is 4.90 Å². The summed E-state index contributed by atoms with van der Waals surface area (Å²) in [6.07, 6.45) is 6.89. The minimum Gasteiger partial charge on any atom is -0.478 e. The Labute approximate surface area is 150 Å². The summed E-state index contributed by atoms with van der Waals surface area (Å²) in [6.45, 7) is 1.42. The lowest BCUT2D eigenvalue weighted by atomic mass is 10.0.